The van der Waals surface area contributed by atoms with Crippen LogP contribution in [0.15, 0.2) is 36.5 Å². The first-order chi connectivity index (χ1) is 8.43. The lowest BCUT2D eigenvalue weighted by atomic mass is 9.75. The van der Waals surface area contributed by atoms with Crippen LogP contribution in [0.1, 0.15) is 25.7 Å². The highest BCUT2D eigenvalue weighted by molar-refractivity contribution is 5.78. The largest absolute Gasteiger partial charge is 0.361 e. The first-order valence-electron chi connectivity index (χ1n) is 6.69. The molecule has 17 heavy (non-hydrogen) atoms. The molecule has 90 valence electrons. The van der Waals surface area contributed by atoms with E-state index in [1.165, 1.54) is 43.1 Å². The number of benzene rings is 1. The quantitative estimate of drug-likeness (QED) is 0.711. The van der Waals surface area contributed by atoms with Crippen LogP contribution in [0.4, 0.5) is 0 Å². The zero-order chi connectivity index (χ0) is 11.5. The van der Waals surface area contributed by atoms with Crippen molar-refractivity contribution in [3.05, 3.63) is 36.5 Å². The third kappa shape index (κ3) is 2.37. The smallest absolute Gasteiger partial charge is 0.0453 e. The van der Waals surface area contributed by atoms with Crippen LogP contribution < -0.4 is 5.32 Å². The molecule has 4 rings (SSSR count). The minimum atomic E-state index is 0.934. The first kappa shape index (κ1) is 10.8. The van der Waals surface area contributed by atoms with Gasteiger partial charge < -0.3 is 10.3 Å². The number of aromatic amines is 1. The van der Waals surface area contributed by atoms with E-state index in [1.54, 1.807) is 0 Å². The maximum absolute atomic E-state index is 3.52. The summed E-state index contributed by atoms with van der Waals surface area (Å²) in [5.74, 6) is 1.07. The summed E-state index contributed by atoms with van der Waals surface area (Å²) in [6.07, 6.45) is 7.81. The van der Waals surface area contributed by atoms with Crippen LogP contribution in [0.2, 0.25) is 0 Å². The van der Waals surface area contributed by atoms with Gasteiger partial charge in [0.05, 0.1) is 0 Å². The zero-order valence-electron chi connectivity index (χ0n) is 10.2. The minimum Gasteiger partial charge on any atom is -0.361 e. The van der Waals surface area contributed by atoms with E-state index in [4.69, 9.17) is 0 Å². The molecule has 2 nitrogen and oxygen atoms in total. The molecule has 0 bridgehead atoms. The molecule has 1 aliphatic carbocycles. The van der Waals surface area contributed by atoms with Crippen LogP contribution >= 0.6 is 0 Å². The summed E-state index contributed by atoms with van der Waals surface area (Å²) in [7, 11) is 0. The van der Waals surface area contributed by atoms with Gasteiger partial charge in [0.1, 0.15) is 0 Å². The topological polar surface area (TPSA) is 27.8 Å². The van der Waals surface area contributed by atoms with Gasteiger partial charge in [0, 0.05) is 17.8 Å². The average Bonchev–Trinajstić information content (AvgIpc) is 2.80. The molecule has 2 heterocycles. The average molecular weight is 228 g/mol. The zero-order valence-corrected chi connectivity index (χ0v) is 10.2. The molecule has 2 aliphatic rings. The minimum absolute atomic E-state index is 0.934. The molecule has 2 heteroatoms. The Morgan fingerprint density at radius 2 is 1.94 bits per heavy atom. The van der Waals surface area contributed by atoms with Gasteiger partial charge in [0.2, 0.25) is 0 Å². The number of rotatable bonds is 0. The van der Waals surface area contributed by atoms with Gasteiger partial charge in [0.15, 0.2) is 0 Å². The van der Waals surface area contributed by atoms with Crippen molar-refractivity contribution in [1.29, 1.82) is 0 Å². The maximum atomic E-state index is 3.52. The standard InChI is InChI=1S/C8H7N.C7H13N/c1-2-4-8-7(3-1)5-6-9-8;1-2-6-3-4-7(6)8-5-1/h1-6,9H;6-8H,1-5H2. The van der Waals surface area contributed by atoms with Crippen LogP contribution in [-0.2, 0) is 0 Å². The first-order valence-corrected chi connectivity index (χ1v) is 6.69. The summed E-state index contributed by atoms with van der Waals surface area (Å²) in [6.45, 7) is 1.28. The fourth-order valence-corrected chi connectivity index (χ4v) is 2.83. The summed E-state index contributed by atoms with van der Waals surface area (Å²) in [5.41, 5.74) is 1.21. The van der Waals surface area contributed by atoms with Crippen molar-refractivity contribution in [2.45, 2.75) is 31.7 Å². The molecule has 0 amide bonds. The summed E-state index contributed by atoms with van der Waals surface area (Å²) in [6, 6.07) is 11.2. The van der Waals surface area contributed by atoms with E-state index in [0.717, 1.165) is 12.0 Å². The molecular formula is C15H20N2. The van der Waals surface area contributed by atoms with Gasteiger partial charge in [-0.2, -0.15) is 0 Å². The number of H-pyrrole nitrogens is 1. The summed E-state index contributed by atoms with van der Waals surface area (Å²) >= 11 is 0. The lowest BCUT2D eigenvalue weighted by Gasteiger charge is -2.41. The predicted molar refractivity (Wildman–Crippen MR) is 72.0 cm³/mol. The molecule has 1 saturated carbocycles. The van der Waals surface area contributed by atoms with Crippen molar-refractivity contribution in [1.82, 2.24) is 10.3 Å². The van der Waals surface area contributed by atoms with Crippen molar-refractivity contribution in [2.24, 2.45) is 5.92 Å². The second kappa shape index (κ2) is 4.92. The Labute approximate surface area is 102 Å². The Balaban J connectivity index is 0.000000107. The Kier molecular flexibility index (Phi) is 3.14. The molecule has 2 fully saturated rings. The van der Waals surface area contributed by atoms with Crippen LogP contribution in [-0.4, -0.2) is 17.6 Å². The normalized spacial score (nSPS) is 26.6. The van der Waals surface area contributed by atoms with E-state index in [0.29, 0.717) is 0 Å². The van der Waals surface area contributed by atoms with Crippen molar-refractivity contribution in [3.8, 4) is 0 Å². The highest BCUT2D eigenvalue weighted by Crippen LogP contribution is 2.33. The third-order valence-electron chi connectivity index (χ3n) is 4.04. The van der Waals surface area contributed by atoms with E-state index in [-0.39, 0.29) is 0 Å². The van der Waals surface area contributed by atoms with Crippen molar-refractivity contribution >= 4 is 10.9 Å². The van der Waals surface area contributed by atoms with Gasteiger partial charge in [-0.1, -0.05) is 18.2 Å². The molecule has 2 atom stereocenters. The van der Waals surface area contributed by atoms with Gasteiger partial charge in [0.25, 0.3) is 0 Å². The second-order valence-electron chi connectivity index (χ2n) is 5.11. The molecule has 0 radical (unpaired) electrons. The monoisotopic (exact) mass is 228 g/mol. The predicted octanol–water partition coefficient (Wildman–Crippen LogP) is 3.32. The Morgan fingerprint density at radius 1 is 1.00 bits per heavy atom. The summed E-state index contributed by atoms with van der Waals surface area (Å²) in [5, 5.41) is 4.79. The molecule has 2 unspecified atom stereocenters. The van der Waals surface area contributed by atoms with Gasteiger partial charge in [-0.25, -0.2) is 0 Å². The van der Waals surface area contributed by atoms with Crippen molar-refractivity contribution < 1.29 is 0 Å². The van der Waals surface area contributed by atoms with E-state index in [2.05, 4.69) is 28.5 Å². The van der Waals surface area contributed by atoms with Gasteiger partial charge in [-0.05, 0) is 55.7 Å². The van der Waals surface area contributed by atoms with Crippen LogP contribution in [0.3, 0.4) is 0 Å². The number of hydrogen-bond donors (Lipinski definition) is 2. The van der Waals surface area contributed by atoms with Crippen LogP contribution in [0, 0.1) is 5.92 Å². The molecule has 1 aliphatic heterocycles. The SMILES string of the molecule is C1CNC2CCC2C1.c1ccc2[nH]ccc2c1. The number of fused-ring (bicyclic) bond motifs is 2. The number of hydrogen-bond acceptors (Lipinski definition) is 1. The Morgan fingerprint density at radius 3 is 2.59 bits per heavy atom. The maximum Gasteiger partial charge on any atom is 0.0453 e. The van der Waals surface area contributed by atoms with Crippen LogP contribution in [0.5, 0.6) is 0 Å². The summed E-state index contributed by atoms with van der Waals surface area (Å²) in [4.78, 5) is 3.12. The molecular weight excluding hydrogens is 208 g/mol. The molecule has 2 N–H and O–H groups in total. The van der Waals surface area contributed by atoms with Crippen molar-refractivity contribution in [2.75, 3.05) is 6.54 Å². The number of aromatic nitrogens is 1. The van der Waals surface area contributed by atoms with Gasteiger partial charge in [-0.15, -0.1) is 0 Å². The van der Waals surface area contributed by atoms with Gasteiger partial charge in [-0.3, -0.25) is 0 Å². The molecule has 0 spiro atoms. The lowest BCUT2D eigenvalue weighted by molar-refractivity contribution is 0.161. The molecule has 2 aromatic rings. The number of nitrogens with one attached hydrogen (secondary N) is 2. The lowest BCUT2D eigenvalue weighted by Crippen LogP contribution is -2.47. The van der Waals surface area contributed by atoms with E-state index in [1.807, 2.05) is 18.3 Å². The Hall–Kier alpha value is -1.28. The fraction of sp³-hybridized carbons (Fsp3) is 0.467. The van der Waals surface area contributed by atoms with Crippen LogP contribution in [0.25, 0.3) is 10.9 Å². The van der Waals surface area contributed by atoms with Crippen molar-refractivity contribution in [3.63, 3.8) is 0 Å². The van der Waals surface area contributed by atoms with E-state index in [9.17, 15) is 0 Å². The number of para-hydroxylation sites is 1. The second-order valence-corrected chi connectivity index (χ2v) is 5.11. The highest BCUT2D eigenvalue weighted by atomic mass is 14.9. The number of piperidine rings is 1. The van der Waals surface area contributed by atoms with E-state index < -0.39 is 0 Å². The molecule has 1 saturated heterocycles. The molecule has 1 aromatic heterocycles. The highest BCUT2D eigenvalue weighted by Gasteiger charge is 2.31. The molecule has 1 aromatic carbocycles. The summed E-state index contributed by atoms with van der Waals surface area (Å²) < 4.78 is 0. The third-order valence-corrected chi connectivity index (χ3v) is 4.04. The van der Waals surface area contributed by atoms with E-state index >= 15 is 0 Å². The van der Waals surface area contributed by atoms with Gasteiger partial charge >= 0.3 is 0 Å². The fourth-order valence-electron chi connectivity index (χ4n) is 2.83. The Bertz CT molecular complexity index is 432.